The fourth-order valence-corrected chi connectivity index (χ4v) is 3.34. The van der Waals surface area contributed by atoms with E-state index >= 15 is 0 Å². The van der Waals surface area contributed by atoms with E-state index in [1.807, 2.05) is 36.2 Å². The second-order valence-corrected chi connectivity index (χ2v) is 6.98. The molecule has 3 rings (SSSR count). The Kier molecular flexibility index (Phi) is 5.79. The number of pyridine rings is 1. The molecule has 1 unspecified atom stereocenters. The van der Waals surface area contributed by atoms with Crippen molar-refractivity contribution in [3.05, 3.63) is 30.2 Å². The van der Waals surface area contributed by atoms with Gasteiger partial charge in [-0.3, -0.25) is 4.79 Å². The van der Waals surface area contributed by atoms with E-state index in [2.05, 4.69) is 16.4 Å². The molecule has 3 heterocycles. The van der Waals surface area contributed by atoms with Gasteiger partial charge in [-0.15, -0.1) is 0 Å². The molecule has 1 atom stereocenters. The molecule has 1 saturated heterocycles. The molecule has 1 aromatic rings. The summed E-state index contributed by atoms with van der Waals surface area (Å²) >= 11 is 0. The first kappa shape index (κ1) is 17.6. The van der Waals surface area contributed by atoms with Gasteiger partial charge in [0.25, 0.3) is 5.91 Å². The van der Waals surface area contributed by atoms with Crippen LogP contribution in [0.25, 0.3) is 0 Å². The van der Waals surface area contributed by atoms with Crippen LogP contribution < -0.4 is 10.2 Å². The lowest BCUT2D eigenvalue weighted by Gasteiger charge is -2.24. The van der Waals surface area contributed by atoms with Crippen molar-refractivity contribution in [2.45, 2.75) is 38.1 Å². The van der Waals surface area contributed by atoms with Crippen molar-refractivity contribution in [2.24, 2.45) is 0 Å². The van der Waals surface area contributed by atoms with Crippen molar-refractivity contribution in [3.63, 3.8) is 0 Å². The van der Waals surface area contributed by atoms with E-state index in [1.54, 1.807) is 6.26 Å². The minimum absolute atomic E-state index is 0.150. The summed E-state index contributed by atoms with van der Waals surface area (Å²) in [7, 11) is 3.97. The van der Waals surface area contributed by atoms with Gasteiger partial charge in [0.05, 0.1) is 30.3 Å². The lowest BCUT2D eigenvalue weighted by Crippen LogP contribution is -2.34. The zero-order valence-corrected chi connectivity index (χ0v) is 15.2. The fraction of sp³-hybridized carbons (Fsp3) is 0.579. The summed E-state index contributed by atoms with van der Waals surface area (Å²) in [5.74, 6) is 1.10. The molecule has 0 saturated carbocycles. The van der Waals surface area contributed by atoms with Crippen molar-refractivity contribution in [1.82, 2.24) is 9.88 Å². The Bertz CT molecular complexity index is 612. The van der Waals surface area contributed by atoms with Crippen molar-refractivity contribution in [1.29, 1.82) is 0 Å². The number of hydrogen-bond acceptors (Lipinski definition) is 5. The van der Waals surface area contributed by atoms with E-state index in [1.165, 1.54) is 0 Å². The summed E-state index contributed by atoms with van der Waals surface area (Å²) in [5.41, 5.74) is 1.86. The predicted octanol–water partition coefficient (Wildman–Crippen LogP) is 2.63. The number of likely N-dealkylation sites (tertiary alicyclic amines) is 1. The van der Waals surface area contributed by atoms with Crippen molar-refractivity contribution >= 4 is 17.4 Å². The van der Waals surface area contributed by atoms with Gasteiger partial charge in [-0.05, 0) is 44.2 Å². The molecule has 0 bridgehead atoms. The Hall–Kier alpha value is -2.24. The van der Waals surface area contributed by atoms with Crippen LogP contribution in [0, 0.1) is 0 Å². The van der Waals surface area contributed by atoms with Crippen LogP contribution in [0.4, 0.5) is 11.5 Å². The van der Waals surface area contributed by atoms with Gasteiger partial charge in [0.1, 0.15) is 5.82 Å². The number of ether oxygens (including phenoxy) is 1. The largest absolute Gasteiger partial charge is 0.501 e. The van der Waals surface area contributed by atoms with Crippen LogP contribution in [-0.2, 0) is 9.53 Å². The first-order valence-electron chi connectivity index (χ1n) is 9.13. The number of carbonyl (C=O) groups is 1. The number of anilines is 2. The van der Waals surface area contributed by atoms with Crippen LogP contribution in [0.1, 0.15) is 32.1 Å². The summed E-state index contributed by atoms with van der Waals surface area (Å²) < 4.78 is 5.32. The maximum atomic E-state index is 12.6. The molecule has 0 aromatic carbocycles. The number of nitrogens with one attached hydrogen (secondary N) is 1. The predicted molar refractivity (Wildman–Crippen MR) is 99.7 cm³/mol. The number of aromatic nitrogens is 1. The van der Waals surface area contributed by atoms with E-state index in [-0.39, 0.29) is 5.91 Å². The Morgan fingerprint density at radius 3 is 2.84 bits per heavy atom. The number of carbonyl (C=O) groups excluding carboxylic acids is 1. The Balaban J connectivity index is 1.54. The van der Waals surface area contributed by atoms with Gasteiger partial charge in [0.2, 0.25) is 0 Å². The van der Waals surface area contributed by atoms with Gasteiger partial charge >= 0.3 is 0 Å². The highest BCUT2D eigenvalue weighted by Crippen LogP contribution is 2.21. The molecule has 0 radical (unpaired) electrons. The maximum Gasteiger partial charge on any atom is 0.252 e. The second-order valence-electron chi connectivity index (χ2n) is 6.98. The fourth-order valence-electron chi connectivity index (χ4n) is 3.34. The molecule has 136 valence electrons. The summed E-state index contributed by atoms with van der Waals surface area (Å²) in [6.45, 7) is 2.34. The van der Waals surface area contributed by atoms with Gasteiger partial charge in [-0.2, -0.15) is 0 Å². The molecule has 0 spiro atoms. The van der Waals surface area contributed by atoms with Crippen molar-refractivity contribution in [3.8, 4) is 0 Å². The summed E-state index contributed by atoms with van der Waals surface area (Å²) in [6.07, 6.45) is 8.34. The van der Waals surface area contributed by atoms with Crippen LogP contribution in [0.2, 0.25) is 0 Å². The van der Waals surface area contributed by atoms with Gasteiger partial charge < -0.3 is 19.9 Å². The molecule has 6 heteroatoms. The third-order valence-electron chi connectivity index (χ3n) is 4.80. The minimum atomic E-state index is 0.150. The second kappa shape index (κ2) is 8.23. The molecule has 1 amide bonds. The molecule has 2 aliphatic heterocycles. The molecule has 25 heavy (non-hydrogen) atoms. The first-order chi connectivity index (χ1) is 12.1. The third-order valence-corrected chi connectivity index (χ3v) is 4.80. The van der Waals surface area contributed by atoms with Gasteiger partial charge in [-0.25, -0.2) is 4.98 Å². The third kappa shape index (κ3) is 4.65. The quantitative estimate of drug-likeness (QED) is 0.910. The van der Waals surface area contributed by atoms with E-state index in [9.17, 15) is 4.79 Å². The summed E-state index contributed by atoms with van der Waals surface area (Å²) in [4.78, 5) is 21.0. The standard InChI is InChI=1S/C19H28N4O2/c1-22(2)18-8-7-17(13-20-18)21-16-6-3-10-23(11-9-16)19(24)15-5-4-12-25-14-15/h7-8,13-14,16,21H,3-6,9-12H2,1-2H3. The van der Waals surface area contributed by atoms with E-state index < -0.39 is 0 Å². The zero-order chi connectivity index (χ0) is 17.6. The lowest BCUT2D eigenvalue weighted by molar-refractivity contribution is -0.127. The highest BCUT2D eigenvalue weighted by atomic mass is 16.5. The lowest BCUT2D eigenvalue weighted by atomic mass is 10.1. The SMILES string of the molecule is CN(C)c1ccc(NC2CCCN(C(=O)C3=COCCC3)CC2)cn1. The van der Waals surface area contributed by atoms with Crippen LogP contribution in [0.5, 0.6) is 0 Å². The summed E-state index contributed by atoms with van der Waals surface area (Å²) in [6, 6.07) is 4.46. The molecular weight excluding hydrogens is 316 g/mol. The molecular formula is C19H28N4O2. The molecule has 1 aromatic heterocycles. The van der Waals surface area contributed by atoms with Crippen LogP contribution in [0.15, 0.2) is 30.2 Å². The monoisotopic (exact) mass is 344 g/mol. The normalized spacial score (nSPS) is 21.0. The number of amides is 1. The number of rotatable bonds is 4. The average Bonchev–Trinajstić information content (AvgIpc) is 2.88. The highest BCUT2D eigenvalue weighted by Gasteiger charge is 2.24. The van der Waals surface area contributed by atoms with Crippen molar-refractivity contribution in [2.75, 3.05) is 44.0 Å². The molecule has 2 aliphatic rings. The van der Waals surface area contributed by atoms with Gasteiger partial charge in [0, 0.05) is 33.2 Å². The van der Waals surface area contributed by atoms with E-state index in [0.717, 1.165) is 68.9 Å². The number of hydrogen-bond donors (Lipinski definition) is 1. The number of nitrogens with zero attached hydrogens (tertiary/aromatic N) is 3. The Morgan fingerprint density at radius 1 is 1.28 bits per heavy atom. The van der Waals surface area contributed by atoms with Gasteiger partial charge in [-0.1, -0.05) is 0 Å². The first-order valence-corrected chi connectivity index (χ1v) is 9.13. The zero-order valence-electron chi connectivity index (χ0n) is 15.2. The molecule has 0 aliphatic carbocycles. The molecule has 1 N–H and O–H groups in total. The van der Waals surface area contributed by atoms with Gasteiger partial charge in [0.15, 0.2) is 0 Å². The summed E-state index contributed by atoms with van der Waals surface area (Å²) in [5, 5.41) is 3.57. The van der Waals surface area contributed by atoms with Crippen LogP contribution >= 0.6 is 0 Å². The van der Waals surface area contributed by atoms with E-state index in [0.29, 0.717) is 6.04 Å². The smallest absolute Gasteiger partial charge is 0.252 e. The Labute approximate surface area is 149 Å². The highest BCUT2D eigenvalue weighted by molar-refractivity contribution is 5.93. The Morgan fingerprint density at radius 2 is 2.16 bits per heavy atom. The molecule has 1 fully saturated rings. The maximum absolute atomic E-state index is 12.6. The minimum Gasteiger partial charge on any atom is -0.501 e. The molecule has 6 nitrogen and oxygen atoms in total. The topological polar surface area (TPSA) is 57.7 Å². The van der Waals surface area contributed by atoms with Crippen LogP contribution in [0.3, 0.4) is 0 Å². The van der Waals surface area contributed by atoms with E-state index in [4.69, 9.17) is 4.74 Å². The average molecular weight is 344 g/mol. The van der Waals surface area contributed by atoms with Crippen LogP contribution in [-0.4, -0.2) is 55.6 Å². The van der Waals surface area contributed by atoms with Crippen molar-refractivity contribution < 1.29 is 9.53 Å².